The standard InChI is InChI=1S/C12H16FNO/c1-4-15-9(2)12-7-11(13)6-5-10(12)8-14-3/h5-7,14H,2,4,8H2,1,3H3. The van der Waals surface area contributed by atoms with E-state index in [-0.39, 0.29) is 5.82 Å². The van der Waals surface area contributed by atoms with Crippen molar-refractivity contribution in [1.82, 2.24) is 5.32 Å². The highest BCUT2D eigenvalue weighted by Gasteiger charge is 2.07. The third kappa shape index (κ3) is 3.06. The third-order valence-corrected chi connectivity index (χ3v) is 2.06. The second-order valence-corrected chi connectivity index (χ2v) is 3.19. The summed E-state index contributed by atoms with van der Waals surface area (Å²) in [5.74, 6) is 0.243. The summed E-state index contributed by atoms with van der Waals surface area (Å²) < 4.78 is 18.4. The molecule has 1 aromatic carbocycles. The van der Waals surface area contributed by atoms with Crippen LogP contribution >= 0.6 is 0 Å². The molecule has 0 aliphatic heterocycles. The Hall–Kier alpha value is -1.35. The summed E-state index contributed by atoms with van der Waals surface area (Å²) >= 11 is 0. The van der Waals surface area contributed by atoms with Crippen molar-refractivity contribution in [3.05, 3.63) is 41.7 Å². The Morgan fingerprint density at radius 1 is 1.53 bits per heavy atom. The van der Waals surface area contributed by atoms with Gasteiger partial charge in [-0.05, 0) is 31.7 Å². The molecule has 0 spiro atoms. The fraction of sp³-hybridized carbons (Fsp3) is 0.333. The van der Waals surface area contributed by atoms with E-state index in [1.165, 1.54) is 12.1 Å². The van der Waals surface area contributed by atoms with Gasteiger partial charge in [0.15, 0.2) is 0 Å². The maximum Gasteiger partial charge on any atom is 0.123 e. The lowest BCUT2D eigenvalue weighted by molar-refractivity contribution is 0.298. The van der Waals surface area contributed by atoms with Gasteiger partial charge in [0.05, 0.1) is 6.61 Å². The number of hydrogen-bond donors (Lipinski definition) is 1. The molecule has 1 N–H and O–H groups in total. The van der Waals surface area contributed by atoms with Gasteiger partial charge in [-0.15, -0.1) is 0 Å². The highest BCUT2D eigenvalue weighted by atomic mass is 19.1. The summed E-state index contributed by atoms with van der Waals surface area (Å²) in [6.45, 7) is 6.86. The molecule has 0 fully saturated rings. The first-order chi connectivity index (χ1) is 7.19. The van der Waals surface area contributed by atoms with Crippen LogP contribution in [-0.2, 0) is 11.3 Å². The van der Waals surface area contributed by atoms with Crippen LogP contribution in [0.4, 0.5) is 4.39 Å². The van der Waals surface area contributed by atoms with Gasteiger partial charge in [-0.1, -0.05) is 12.6 Å². The minimum absolute atomic E-state index is 0.272. The summed E-state index contributed by atoms with van der Waals surface area (Å²) in [6.07, 6.45) is 0. The molecule has 0 unspecified atom stereocenters. The van der Waals surface area contributed by atoms with Crippen molar-refractivity contribution in [2.45, 2.75) is 13.5 Å². The molecular formula is C12H16FNO. The molecule has 0 heterocycles. The van der Waals surface area contributed by atoms with Crippen LogP contribution in [0.1, 0.15) is 18.1 Å². The lowest BCUT2D eigenvalue weighted by atomic mass is 10.1. The average Bonchev–Trinajstić information content (AvgIpc) is 2.21. The van der Waals surface area contributed by atoms with Crippen molar-refractivity contribution in [3.63, 3.8) is 0 Å². The molecule has 0 amide bonds. The number of rotatable bonds is 5. The van der Waals surface area contributed by atoms with E-state index < -0.39 is 0 Å². The van der Waals surface area contributed by atoms with E-state index in [9.17, 15) is 4.39 Å². The van der Waals surface area contributed by atoms with Crippen molar-refractivity contribution in [3.8, 4) is 0 Å². The van der Waals surface area contributed by atoms with E-state index in [4.69, 9.17) is 4.74 Å². The minimum Gasteiger partial charge on any atom is -0.494 e. The molecule has 0 bridgehead atoms. The SMILES string of the molecule is C=C(OCC)c1cc(F)ccc1CNC. The molecule has 0 saturated carbocycles. The maximum atomic E-state index is 13.1. The lowest BCUT2D eigenvalue weighted by Gasteiger charge is -2.12. The van der Waals surface area contributed by atoms with Gasteiger partial charge in [-0.2, -0.15) is 0 Å². The van der Waals surface area contributed by atoms with Crippen LogP contribution in [0.5, 0.6) is 0 Å². The van der Waals surface area contributed by atoms with Crippen molar-refractivity contribution in [2.24, 2.45) is 0 Å². The highest BCUT2D eigenvalue weighted by molar-refractivity contribution is 5.61. The quantitative estimate of drug-likeness (QED) is 0.752. The Morgan fingerprint density at radius 3 is 2.87 bits per heavy atom. The number of benzene rings is 1. The van der Waals surface area contributed by atoms with Crippen molar-refractivity contribution in [1.29, 1.82) is 0 Å². The van der Waals surface area contributed by atoms with Crippen molar-refractivity contribution < 1.29 is 9.13 Å². The fourth-order valence-electron chi connectivity index (χ4n) is 1.40. The zero-order valence-electron chi connectivity index (χ0n) is 9.14. The van der Waals surface area contributed by atoms with Gasteiger partial charge in [0.2, 0.25) is 0 Å². The first-order valence-electron chi connectivity index (χ1n) is 4.94. The van der Waals surface area contributed by atoms with Gasteiger partial charge in [0.1, 0.15) is 11.6 Å². The molecule has 0 aliphatic rings. The Kier molecular flexibility index (Phi) is 4.31. The molecule has 0 aliphatic carbocycles. The van der Waals surface area contributed by atoms with E-state index >= 15 is 0 Å². The Balaban J connectivity index is 3.00. The van der Waals surface area contributed by atoms with Crippen LogP contribution in [0.25, 0.3) is 5.76 Å². The molecule has 1 rings (SSSR count). The summed E-state index contributed by atoms with van der Waals surface area (Å²) in [5.41, 5.74) is 1.71. The normalized spacial score (nSPS) is 10.1. The van der Waals surface area contributed by atoms with E-state index in [0.717, 1.165) is 11.1 Å². The summed E-state index contributed by atoms with van der Waals surface area (Å²) in [5, 5.41) is 3.02. The average molecular weight is 209 g/mol. The van der Waals surface area contributed by atoms with Gasteiger partial charge in [-0.25, -0.2) is 4.39 Å². The summed E-state index contributed by atoms with van der Waals surface area (Å²) in [4.78, 5) is 0. The first-order valence-corrected chi connectivity index (χ1v) is 4.94. The largest absolute Gasteiger partial charge is 0.494 e. The molecule has 0 radical (unpaired) electrons. The van der Waals surface area contributed by atoms with Crippen LogP contribution in [-0.4, -0.2) is 13.7 Å². The monoisotopic (exact) mass is 209 g/mol. The molecule has 2 nitrogen and oxygen atoms in total. The minimum atomic E-state index is -0.272. The van der Waals surface area contributed by atoms with Crippen LogP contribution in [0.2, 0.25) is 0 Å². The second kappa shape index (κ2) is 5.51. The molecule has 0 aromatic heterocycles. The van der Waals surface area contributed by atoms with Gasteiger partial charge >= 0.3 is 0 Å². The Bertz CT molecular complexity index is 349. The molecule has 1 aromatic rings. The number of nitrogens with one attached hydrogen (secondary N) is 1. The second-order valence-electron chi connectivity index (χ2n) is 3.19. The Morgan fingerprint density at radius 2 is 2.27 bits per heavy atom. The van der Waals surface area contributed by atoms with Crippen molar-refractivity contribution in [2.75, 3.05) is 13.7 Å². The first kappa shape index (κ1) is 11.7. The topological polar surface area (TPSA) is 21.3 Å². The molecular weight excluding hydrogens is 193 g/mol. The number of hydrogen-bond acceptors (Lipinski definition) is 2. The van der Waals surface area contributed by atoms with E-state index in [2.05, 4.69) is 11.9 Å². The lowest BCUT2D eigenvalue weighted by Crippen LogP contribution is -2.08. The van der Waals surface area contributed by atoms with Crippen LogP contribution < -0.4 is 5.32 Å². The highest BCUT2D eigenvalue weighted by Crippen LogP contribution is 2.20. The van der Waals surface area contributed by atoms with E-state index in [1.807, 2.05) is 14.0 Å². The summed E-state index contributed by atoms with van der Waals surface area (Å²) in [6, 6.07) is 4.63. The zero-order valence-corrected chi connectivity index (χ0v) is 9.14. The van der Waals surface area contributed by atoms with Gasteiger partial charge in [0, 0.05) is 12.1 Å². The van der Waals surface area contributed by atoms with Crippen molar-refractivity contribution >= 4 is 5.76 Å². The van der Waals surface area contributed by atoms with E-state index in [0.29, 0.717) is 18.9 Å². The molecule has 82 valence electrons. The molecule has 15 heavy (non-hydrogen) atoms. The van der Waals surface area contributed by atoms with Gasteiger partial charge < -0.3 is 10.1 Å². The fourth-order valence-corrected chi connectivity index (χ4v) is 1.40. The third-order valence-electron chi connectivity index (χ3n) is 2.06. The predicted octanol–water partition coefficient (Wildman–Crippen LogP) is 2.55. The van der Waals surface area contributed by atoms with Crippen LogP contribution in [0, 0.1) is 5.82 Å². The van der Waals surface area contributed by atoms with Gasteiger partial charge in [0.25, 0.3) is 0 Å². The maximum absolute atomic E-state index is 13.1. The summed E-state index contributed by atoms with van der Waals surface area (Å²) in [7, 11) is 1.84. The number of ether oxygens (including phenoxy) is 1. The molecule has 0 atom stereocenters. The number of halogens is 1. The molecule has 3 heteroatoms. The van der Waals surface area contributed by atoms with Crippen LogP contribution in [0.15, 0.2) is 24.8 Å². The zero-order chi connectivity index (χ0) is 11.3. The van der Waals surface area contributed by atoms with Gasteiger partial charge in [-0.3, -0.25) is 0 Å². The van der Waals surface area contributed by atoms with E-state index in [1.54, 1.807) is 6.07 Å². The molecule has 0 saturated heterocycles. The van der Waals surface area contributed by atoms with Crippen LogP contribution in [0.3, 0.4) is 0 Å². The Labute approximate surface area is 89.8 Å². The predicted molar refractivity (Wildman–Crippen MR) is 59.8 cm³/mol. The smallest absolute Gasteiger partial charge is 0.123 e.